The lowest BCUT2D eigenvalue weighted by atomic mass is 9.91. The molecule has 6 N–H and O–H groups in total. The van der Waals surface area contributed by atoms with Gasteiger partial charge in [-0.3, -0.25) is 9.59 Å². The molecule has 0 unspecified atom stereocenters. The van der Waals surface area contributed by atoms with Crippen molar-refractivity contribution >= 4 is 64.7 Å². The van der Waals surface area contributed by atoms with Crippen LogP contribution in [0.5, 0.6) is 0 Å². The van der Waals surface area contributed by atoms with Crippen molar-refractivity contribution in [3.05, 3.63) is 64.6 Å². The number of nitrogens with zero attached hydrogens (tertiary/aromatic N) is 16. The molecule has 0 radical (unpaired) electrons. The fourth-order valence-corrected chi connectivity index (χ4v) is 12.3. The molecule has 30 heteroatoms. The monoisotopic (exact) mass is 1560 g/mol. The van der Waals surface area contributed by atoms with Crippen LogP contribution in [-0.4, -0.2) is 274 Å². The average molecular weight is 1560 g/mol. The summed E-state index contributed by atoms with van der Waals surface area (Å²) in [6.07, 6.45) is 1.48. The molecule has 0 aromatic carbocycles. The molecule has 8 aliphatic rings. The van der Waals surface area contributed by atoms with E-state index in [1.807, 2.05) is 60.7 Å². The third-order valence-corrected chi connectivity index (χ3v) is 20.0. The van der Waals surface area contributed by atoms with Crippen molar-refractivity contribution in [3.63, 3.8) is 0 Å². The van der Waals surface area contributed by atoms with Crippen LogP contribution in [0.2, 0.25) is 0 Å². The molecule has 0 atom stereocenters. The third kappa shape index (κ3) is 26.7. The van der Waals surface area contributed by atoms with Crippen LogP contribution in [-0.2, 0) is 71.5 Å². The van der Waals surface area contributed by atoms with E-state index in [4.69, 9.17) is 68.3 Å². The Morgan fingerprint density at radius 3 is 1.06 bits per heavy atom. The molecule has 2 amide bonds. The van der Waals surface area contributed by atoms with Crippen LogP contribution in [0.15, 0.2) is 30.3 Å². The van der Waals surface area contributed by atoms with Gasteiger partial charge in [0.05, 0.1) is 131 Å². The molecular formula is C82H136N22O8. The van der Waals surface area contributed by atoms with Crippen LogP contribution in [0.1, 0.15) is 179 Å². The average Bonchev–Trinajstić information content (AvgIpc) is 0.834. The van der Waals surface area contributed by atoms with Crippen LogP contribution in [0.25, 0.3) is 0 Å². The van der Waals surface area contributed by atoms with Gasteiger partial charge in [-0.25, -0.2) is 29.9 Å². The van der Waals surface area contributed by atoms with Crippen molar-refractivity contribution in [2.45, 2.75) is 209 Å². The van der Waals surface area contributed by atoms with Crippen molar-refractivity contribution < 1.29 is 38.0 Å². The number of carbonyl (C=O) groups excluding carboxylic acids is 2. The molecule has 8 aliphatic heterocycles. The molecule has 8 saturated heterocycles. The van der Waals surface area contributed by atoms with E-state index in [1.54, 1.807) is 7.11 Å². The van der Waals surface area contributed by atoms with E-state index in [0.717, 1.165) is 245 Å². The molecule has 0 spiro atoms. The number of methoxy groups -OCH3 is 1. The highest BCUT2D eigenvalue weighted by atomic mass is 16.5. The molecule has 8 fully saturated rings. The van der Waals surface area contributed by atoms with Gasteiger partial charge in [0.25, 0.3) is 0 Å². The molecule has 0 bridgehead atoms. The molecule has 0 saturated carbocycles. The number of ether oxygens (including phenoxy) is 6. The van der Waals surface area contributed by atoms with Crippen molar-refractivity contribution in [2.24, 2.45) is 11.8 Å². The van der Waals surface area contributed by atoms with Gasteiger partial charge in [0.2, 0.25) is 35.6 Å². The van der Waals surface area contributed by atoms with Crippen molar-refractivity contribution in [2.75, 3.05) is 218 Å². The summed E-state index contributed by atoms with van der Waals surface area (Å²) in [4.78, 5) is 83.8. The Hall–Kier alpha value is -7.74. The second-order valence-corrected chi connectivity index (χ2v) is 36.4. The number of anilines is 9. The van der Waals surface area contributed by atoms with Crippen LogP contribution in [0, 0.1) is 11.8 Å². The number of rotatable bonds is 21. The Morgan fingerprint density at radius 2 is 0.759 bits per heavy atom. The Balaban J connectivity index is 0.000000161. The number of nitrogens with one attached hydrogen (secondary N) is 6. The molecule has 13 heterocycles. The fourth-order valence-electron chi connectivity index (χ4n) is 12.3. The van der Waals surface area contributed by atoms with Crippen LogP contribution in [0.4, 0.5) is 52.9 Å². The number of amides is 2. The van der Waals surface area contributed by atoms with Crippen LogP contribution < -0.4 is 51.5 Å². The predicted octanol–water partition coefficient (Wildman–Crippen LogP) is 8.98. The number of carbonyl (C=O) groups is 2. The first-order valence-corrected chi connectivity index (χ1v) is 40.8. The molecule has 30 nitrogen and oxygen atoms in total. The molecule has 0 aliphatic carbocycles. The van der Waals surface area contributed by atoms with Crippen molar-refractivity contribution in [1.82, 2.24) is 65.0 Å². The number of aromatic nitrogens is 10. The molecule has 112 heavy (non-hydrogen) atoms. The highest BCUT2D eigenvalue weighted by Gasteiger charge is 2.32. The van der Waals surface area contributed by atoms with E-state index in [1.165, 1.54) is 0 Å². The zero-order valence-corrected chi connectivity index (χ0v) is 71.7. The Kier molecular flexibility index (Phi) is 31.1. The fraction of sp³-hybridized carbons (Fsp3) is 0.732. The summed E-state index contributed by atoms with van der Waals surface area (Å²) in [5.74, 6) is 9.47. The maximum atomic E-state index is 12.2. The summed E-state index contributed by atoms with van der Waals surface area (Å²) < 4.78 is 31.2. The lowest BCUT2D eigenvalue weighted by Gasteiger charge is -2.36. The van der Waals surface area contributed by atoms with Crippen molar-refractivity contribution in [3.8, 4) is 0 Å². The first-order valence-electron chi connectivity index (χ1n) is 40.8. The highest BCUT2D eigenvalue weighted by Crippen LogP contribution is 2.32. The van der Waals surface area contributed by atoms with E-state index >= 15 is 0 Å². The highest BCUT2D eigenvalue weighted by molar-refractivity contribution is 5.78. The lowest BCUT2D eigenvalue weighted by molar-refractivity contribution is -0.134. The van der Waals surface area contributed by atoms with E-state index in [0.29, 0.717) is 49.2 Å². The largest absolute Gasteiger partial charge is 0.383 e. The molecule has 622 valence electrons. The van der Waals surface area contributed by atoms with Gasteiger partial charge in [-0.05, 0) is 5.92 Å². The summed E-state index contributed by atoms with van der Waals surface area (Å²) in [6.45, 7) is 61.5. The van der Waals surface area contributed by atoms with Gasteiger partial charge in [-0.2, -0.15) is 19.9 Å². The maximum Gasteiger partial charge on any atom is 0.227 e. The summed E-state index contributed by atoms with van der Waals surface area (Å²) in [7, 11) is 3.68. The van der Waals surface area contributed by atoms with Gasteiger partial charge in [0, 0.05) is 175 Å². The third-order valence-electron chi connectivity index (χ3n) is 20.0. The van der Waals surface area contributed by atoms with E-state index in [2.05, 4.69) is 186 Å². The zero-order valence-electron chi connectivity index (χ0n) is 71.7. The van der Waals surface area contributed by atoms with Crippen molar-refractivity contribution in [1.29, 1.82) is 0 Å². The summed E-state index contributed by atoms with van der Waals surface area (Å²) in [6, 6.07) is 12.0. The van der Waals surface area contributed by atoms with Gasteiger partial charge in [0.15, 0.2) is 0 Å². The van der Waals surface area contributed by atoms with E-state index in [-0.39, 0.29) is 44.8 Å². The summed E-state index contributed by atoms with van der Waals surface area (Å²) in [5.41, 5.74) is 5.17. The molecular weight excluding hydrogens is 1420 g/mol. The van der Waals surface area contributed by atoms with E-state index < -0.39 is 0 Å². The second kappa shape index (κ2) is 39.5. The predicted molar refractivity (Wildman–Crippen MR) is 446 cm³/mol. The second-order valence-electron chi connectivity index (χ2n) is 36.4. The summed E-state index contributed by atoms with van der Waals surface area (Å²) in [5, 5.41) is 20.5. The topological polar surface area (TPSA) is 310 Å². The summed E-state index contributed by atoms with van der Waals surface area (Å²) >= 11 is 0. The Bertz CT molecular complexity index is 3770. The molecule has 5 aromatic rings. The molecule has 13 rings (SSSR count). The SMILES string of the molecule is CC(C)(C)c1cc(NC2COC2)nc(N2CCNCC2)n1.CC(C)C(=O)N1CCN(c2nc(NC3COC3)cc(C(C)(C)C)n2)CC1.CC(C)Cc1nc(NC2COC2)cc(C(C)(C)C)n1.CCC(=O)N1CCN(c2nc(NC3COC3)cc(C(C)(C)C)n2)CC1.COCCN(C)c1nc(NC2COC2)cc(C(C)(C)C)n1. The number of hydrogen-bond donors (Lipinski definition) is 6. The standard InChI is InChI=1S/C19H31N5O2.C18H29N5O2.C15H25N5O.C15H26N4O2.C15H25N3O/c1-13(2)17(25)23-6-8-24(9-7-23)18-21-15(19(3,4)5)10-16(22-18)20-14-11-26-12-14;1-5-16(24)22-6-8-23(9-7-22)17-20-14(18(2,3)4)10-15(21-17)19-13-11-25-12-13;1-15(2,3)12-8-13(17-11-9-21-10-11)19-14(18-12)20-6-4-16-5-7-20;1-15(2,3)12-8-13(16-11-9-21-10-11)18-14(17-12)19(4)6-7-20-5;1-10(2)6-13-17-12(15(3,4)5)7-14(18-13)16-11-8-19-9-11/h10,13-14H,6-9,11-12H2,1-5H3,(H,20,21,22);10,13H,5-9,11-12H2,1-4H3,(H,19,20,21);8,11,16H,4-7,9-10H2,1-3H3,(H,17,18,19);8,11H,6-7,9-10H2,1-5H3,(H,16,17,18);7,10-11H,6,8-9H2,1-5H3,(H,16,17,18). The zero-order chi connectivity index (χ0) is 81.3. The van der Waals surface area contributed by atoms with Gasteiger partial charge in [-0.15, -0.1) is 0 Å². The minimum Gasteiger partial charge on any atom is -0.383 e. The first-order chi connectivity index (χ1) is 52.9. The Labute approximate surface area is 667 Å². The minimum atomic E-state index is -0.0559. The minimum absolute atomic E-state index is 0.0122. The van der Waals surface area contributed by atoms with Gasteiger partial charge in [-0.1, -0.05) is 138 Å². The van der Waals surface area contributed by atoms with Gasteiger partial charge < -0.3 is 89.7 Å². The first kappa shape index (κ1) is 88.2. The normalized spacial score (nSPS) is 18.1. The van der Waals surface area contributed by atoms with Crippen LogP contribution in [0.3, 0.4) is 0 Å². The number of piperazine rings is 3. The van der Waals surface area contributed by atoms with Gasteiger partial charge in [0.1, 0.15) is 34.9 Å². The van der Waals surface area contributed by atoms with Gasteiger partial charge >= 0.3 is 0 Å². The lowest BCUT2D eigenvalue weighted by Crippen LogP contribution is -2.50. The van der Waals surface area contributed by atoms with Crippen LogP contribution >= 0.6 is 0 Å². The Morgan fingerprint density at radius 1 is 0.446 bits per heavy atom. The number of likely N-dealkylation sites (N-methyl/N-ethyl adjacent to an activating group) is 1. The number of hydrogen-bond acceptors (Lipinski definition) is 28. The van der Waals surface area contributed by atoms with E-state index in [9.17, 15) is 9.59 Å². The molecule has 5 aromatic heterocycles. The maximum absolute atomic E-state index is 12.2. The smallest absolute Gasteiger partial charge is 0.227 e. The quantitative estimate of drug-likeness (QED) is 0.0399.